The first kappa shape index (κ1) is 11.9. The Labute approximate surface area is 102 Å². The molecule has 3 saturated heterocycles. The summed E-state index contributed by atoms with van der Waals surface area (Å²) in [7, 11) is -0.691. The Bertz CT molecular complexity index is 380. The van der Waals surface area contributed by atoms with E-state index in [4.69, 9.17) is 4.74 Å². The van der Waals surface area contributed by atoms with E-state index in [0.717, 1.165) is 13.1 Å². The third-order valence-electron chi connectivity index (χ3n) is 3.67. The monoisotopic (exact) mass is 261 g/mol. The Balaban J connectivity index is 1.43. The quantitative estimate of drug-likeness (QED) is 0.611. The minimum Gasteiger partial charge on any atom is -0.337 e. The summed E-state index contributed by atoms with van der Waals surface area (Å²) in [4.78, 5) is 4.38. The number of hydrogen-bond donors (Lipinski definition) is 1. The molecule has 7 heteroatoms. The van der Waals surface area contributed by atoms with Gasteiger partial charge in [0.05, 0.1) is 11.5 Å². The van der Waals surface area contributed by atoms with Crippen LogP contribution in [-0.4, -0.2) is 81.4 Å². The number of likely N-dealkylation sites (N-methyl/N-ethyl adjacent to an activating group) is 1. The molecule has 0 amide bonds. The lowest BCUT2D eigenvalue weighted by molar-refractivity contribution is 0.147. The van der Waals surface area contributed by atoms with E-state index >= 15 is 0 Å². The van der Waals surface area contributed by atoms with E-state index in [1.54, 1.807) is 0 Å². The van der Waals surface area contributed by atoms with Crippen LogP contribution in [0.5, 0.6) is 0 Å². The highest BCUT2D eigenvalue weighted by Crippen LogP contribution is 2.26. The highest BCUT2D eigenvalue weighted by atomic mass is 32.2. The van der Waals surface area contributed by atoms with Crippen LogP contribution in [0.3, 0.4) is 0 Å². The molecule has 0 spiro atoms. The molecular weight excluding hydrogens is 242 g/mol. The number of nitrogens with zero attached hydrogens (tertiary/aromatic N) is 2. The third-order valence-corrected chi connectivity index (χ3v) is 5.28. The fourth-order valence-electron chi connectivity index (χ4n) is 2.52. The fraction of sp³-hybridized carbons (Fsp3) is 1.00. The number of nitrogens with one attached hydrogen (secondary N) is 1. The molecule has 0 saturated carbocycles. The van der Waals surface area contributed by atoms with Gasteiger partial charge in [0.2, 0.25) is 0 Å². The van der Waals surface area contributed by atoms with Crippen LogP contribution in [-0.2, 0) is 14.6 Å². The Morgan fingerprint density at radius 1 is 1.24 bits per heavy atom. The summed E-state index contributed by atoms with van der Waals surface area (Å²) in [6.07, 6.45) is 0.200. The summed E-state index contributed by atoms with van der Waals surface area (Å²) in [5.41, 5.74) is 0. The van der Waals surface area contributed by atoms with Crippen LogP contribution in [0.2, 0.25) is 0 Å². The van der Waals surface area contributed by atoms with Crippen LogP contribution in [0.4, 0.5) is 0 Å². The van der Waals surface area contributed by atoms with E-state index < -0.39 is 9.84 Å². The summed E-state index contributed by atoms with van der Waals surface area (Å²) < 4.78 is 28.2. The van der Waals surface area contributed by atoms with Gasteiger partial charge in [-0.3, -0.25) is 10.2 Å². The largest absolute Gasteiger partial charge is 0.337 e. The van der Waals surface area contributed by atoms with E-state index in [1.807, 2.05) is 0 Å². The van der Waals surface area contributed by atoms with E-state index in [1.165, 1.54) is 0 Å². The summed E-state index contributed by atoms with van der Waals surface area (Å²) in [6.45, 7) is 3.35. The summed E-state index contributed by atoms with van der Waals surface area (Å²) in [5.74, 6) is 0.539. The van der Waals surface area contributed by atoms with Crippen molar-refractivity contribution in [3.63, 3.8) is 0 Å². The molecule has 0 aliphatic carbocycles. The maximum Gasteiger partial charge on any atom is 0.153 e. The van der Waals surface area contributed by atoms with Crippen molar-refractivity contribution in [1.82, 2.24) is 15.1 Å². The van der Waals surface area contributed by atoms with E-state index in [-0.39, 0.29) is 24.0 Å². The number of sulfone groups is 1. The summed E-state index contributed by atoms with van der Waals surface area (Å²) >= 11 is 0. The van der Waals surface area contributed by atoms with Crippen molar-refractivity contribution in [2.75, 3.05) is 44.7 Å². The maximum atomic E-state index is 11.3. The van der Waals surface area contributed by atoms with Gasteiger partial charge in [0, 0.05) is 32.2 Å². The van der Waals surface area contributed by atoms with Crippen molar-refractivity contribution in [2.45, 2.75) is 18.5 Å². The highest BCUT2D eigenvalue weighted by Gasteiger charge is 2.46. The van der Waals surface area contributed by atoms with Crippen molar-refractivity contribution >= 4 is 9.84 Å². The van der Waals surface area contributed by atoms with Gasteiger partial charge in [0.1, 0.15) is 0 Å². The van der Waals surface area contributed by atoms with Gasteiger partial charge in [-0.25, -0.2) is 8.42 Å². The molecule has 0 aromatic rings. The van der Waals surface area contributed by atoms with Crippen molar-refractivity contribution in [3.8, 4) is 0 Å². The first-order chi connectivity index (χ1) is 8.03. The second-order valence-corrected chi connectivity index (χ2v) is 7.52. The molecule has 1 N–H and O–H groups in total. The zero-order chi connectivity index (χ0) is 12.0. The zero-order valence-electron chi connectivity index (χ0n) is 10.0. The van der Waals surface area contributed by atoms with Gasteiger partial charge in [-0.05, 0) is 7.05 Å². The lowest BCUT2D eigenvalue weighted by Gasteiger charge is -2.36. The average molecular weight is 261 g/mol. The lowest BCUT2D eigenvalue weighted by Crippen LogP contribution is -2.57. The Morgan fingerprint density at radius 3 is 2.47 bits per heavy atom. The Kier molecular flexibility index (Phi) is 2.91. The second kappa shape index (κ2) is 4.17. The molecule has 3 aliphatic rings. The highest BCUT2D eigenvalue weighted by molar-refractivity contribution is 7.91. The van der Waals surface area contributed by atoms with Gasteiger partial charge in [-0.2, -0.15) is 0 Å². The number of ether oxygens (including phenoxy) is 1. The summed E-state index contributed by atoms with van der Waals surface area (Å²) in [5, 5.41) is 3.43. The minimum atomic E-state index is -2.79. The molecule has 2 unspecified atom stereocenters. The Hall–Kier alpha value is -0.210. The van der Waals surface area contributed by atoms with Crippen LogP contribution in [0.1, 0.15) is 0 Å². The molecule has 0 bridgehead atoms. The molecular formula is C10H19N3O3S. The van der Waals surface area contributed by atoms with Crippen molar-refractivity contribution in [1.29, 1.82) is 0 Å². The number of epoxide rings is 1. The number of hydrogen-bond acceptors (Lipinski definition) is 6. The predicted molar refractivity (Wildman–Crippen MR) is 63.3 cm³/mol. The molecule has 0 aromatic carbocycles. The van der Waals surface area contributed by atoms with Gasteiger partial charge in [0.25, 0.3) is 0 Å². The Morgan fingerprint density at radius 2 is 1.88 bits per heavy atom. The molecule has 3 fully saturated rings. The van der Waals surface area contributed by atoms with Gasteiger partial charge >= 0.3 is 0 Å². The molecule has 17 heavy (non-hydrogen) atoms. The summed E-state index contributed by atoms with van der Waals surface area (Å²) in [6, 6.07) is 0.531. The third kappa shape index (κ3) is 2.63. The van der Waals surface area contributed by atoms with Gasteiger partial charge in [-0.1, -0.05) is 0 Å². The molecule has 6 nitrogen and oxygen atoms in total. The van der Waals surface area contributed by atoms with E-state index in [2.05, 4.69) is 22.2 Å². The van der Waals surface area contributed by atoms with Crippen molar-refractivity contribution < 1.29 is 13.2 Å². The lowest BCUT2D eigenvalue weighted by atomic mass is 10.1. The normalized spacial score (nSPS) is 38.9. The fourth-order valence-corrected chi connectivity index (χ4v) is 3.75. The van der Waals surface area contributed by atoms with Crippen LogP contribution in [0, 0.1) is 0 Å². The first-order valence-electron chi connectivity index (χ1n) is 6.08. The van der Waals surface area contributed by atoms with Gasteiger partial charge in [-0.15, -0.1) is 0 Å². The zero-order valence-corrected chi connectivity index (χ0v) is 10.8. The smallest absolute Gasteiger partial charge is 0.153 e. The van der Waals surface area contributed by atoms with Crippen molar-refractivity contribution in [2.24, 2.45) is 0 Å². The van der Waals surface area contributed by atoms with E-state index in [0.29, 0.717) is 19.1 Å². The molecule has 0 radical (unpaired) electrons. The van der Waals surface area contributed by atoms with Crippen LogP contribution < -0.4 is 5.32 Å². The molecule has 2 atom stereocenters. The molecule has 98 valence electrons. The SMILES string of the molecule is CN1CC(NC2OC2N2CCS(=O)(=O)CC2)C1. The van der Waals surface area contributed by atoms with Gasteiger partial charge in [0.15, 0.2) is 22.3 Å². The first-order valence-corrected chi connectivity index (χ1v) is 7.90. The predicted octanol–water partition coefficient (Wildman–Crippen LogP) is -1.70. The topological polar surface area (TPSA) is 65.2 Å². The molecule has 3 aliphatic heterocycles. The number of likely N-dealkylation sites (tertiary alicyclic amines) is 1. The molecule has 3 rings (SSSR count). The van der Waals surface area contributed by atoms with Crippen molar-refractivity contribution in [3.05, 3.63) is 0 Å². The van der Waals surface area contributed by atoms with Crippen LogP contribution >= 0.6 is 0 Å². The van der Waals surface area contributed by atoms with Gasteiger partial charge < -0.3 is 9.64 Å². The number of rotatable bonds is 3. The standard InChI is InChI=1S/C10H19N3O3S/c1-12-6-8(7-12)11-9-10(16-9)13-2-4-17(14,15)5-3-13/h8-11H,2-7H2,1H3. The second-order valence-electron chi connectivity index (χ2n) is 5.22. The van der Waals surface area contributed by atoms with E-state index in [9.17, 15) is 8.42 Å². The minimum absolute atomic E-state index is 0.0939. The van der Waals surface area contributed by atoms with Crippen LogP contribution in [0.25, 0.3) is 0 Å². The van der Waals surface area contributed by atoms with Crippen LogP contribution in [0.15, 0.2) is 0 Å². The average Bonchev–Trinajstić information content (AvgIpc) is 2.95. The maximum absolute atomic E-state index is 11.3. The molecule has 0 aromatic heterocycles. The molecule has 3 heterocycles.